The van der Waals surface area contributed by atoms with Gasteiger partial charge in [0.05, 0.1) is 0 Å². The van der Waals surface area contributed by atoms with Crippen molar-refractivity contribution in [3.05, 3.63) is 144 Å². The van der Waals surface area contributed by atoms with E-state index in [0.29, 0.717) is 0 Å². The van der Waals surface area contributed by atoms with Crippen molar-refractivity contribution in [3.8, 4) is 0 Å². The molecule has 0 bridgehead atoms. The lowest BCUT2D eigenvalue weighted by molar-refractivity contribution is 0.154. The maximum absolute atomic E-state index is 2.64. The molecule has 4 aromatic carbocycles. The van der Waals surface area contributed by atoms with E-state index in [2.05, 4.69) is 241 Å². The summed E-state index contributed by atoms with van der Waals surface area (Å²) in [6, 6.07) is 35.3. The van der Waals surface area contributed by atoms with E-state index in [1.807, 2.05) is 0 Å². The van der Waals surface area contributed by atoms with Crippen molar-refractivity contribution in [2.45, 2.75) is 0 Å². The molecule has 8 heteroatoms. The molecule has 60 heavy (non-hydrogen) atoms. The molecule has 0 atom stereocenters. The van der Waals surface area contributed by atoms with Crippen molar-refractivity contribution in [1.29, 1.82) is 0 Å². The molecule has 1 aliphatic heterocycles. The third-order valence-corrected chi connectivity index (χ3v) is 11.3. The molecule has 0 aliphatic carbocycles. The Morgan fingerprint density at radius 1 is 0.300 bits per heavy atom. The third kappa shape index (κ3) is 15.8. The van der Waals surface area contributed by atoms with Gasteiger partial charge in [0, 0.05) is 158 Å². The summed E-state index contributed by atoms with van der Waals surface area (Å²) in [6.07, 6.45) is 18.5. The molecule has 0 unspecified atom stereocenters. The SMILES string of the molecule is CN(C)c1ccc(/C=C/CN2CCN(C/C=C/c3ccc(N(C)C)cc3)CCN(C/C=C/c3ccc(N(C)C)cc3)CCN(C/C=C/c3ccc(N(C)C)cc3)CC2)cc1. The number of hydrogen-bond donors (Lipinski definition) is 0. The predicted octanol–water partition coefficient (Wildman–Crippen LogP) is 8.33. The van der Waals surface area contributed by atoms with Crippen LogP contribution in [-0.4, -0.2) is 155 Å². The van der Waals surface area contributed by atoms with Crippen molar-refractivity contribution in [1.82, 2.24) is 19.6 Å². The minimum absolute atomic E-state index is 0.922. The molecule has 0 amide bonds. The monoisotopic (exact) mass is 809 g/mol. The van der Waals surface area contributed by atoms with Crippen LogP contribution in [0.1, 0.15) is 22.3 Å². The molecular weight excluding hydrogens is 737 g/mol. The summed E-state index contributed by atoms with van der Waals surface area (Å²) >= 11 is 0. The normalized spacial score (nSPS) is 15.9. The standard InChI is InChI=1S/C52H72N8/c1-53(2)49-25-17-45(18-26-49)13-9-33-57-37-39-58(34-10-14-46-19-27-50(28-20-46)54(3)4)41-43-60(36-12-16-48-23-31-52(32-24-48)56(7)8)44-42-59(40-38-57)35-11-15-47-21-29-51(30-22-47)55(5)6/h9-32H,33-44H2,1-8H3/b13-9+,14-10+,15-11+,16-12+. The highest BCUT2D eigenvalue weighted by atomic mass is 15.3. The highest BCUT2D eigenvalue weighted by molar-refractivity contribution is 5.58. The molecule has 1 aliphatic rings. The molecule has 0 radical (unpaired) electrons. The summed E-state index contributed by atoms with van der Waals surface area (Å²) in [4.78, 5) is 19.2. The first-order valence-electron chi connectivity index (χ1n) is 21.7. The summed E-state index contributed by atoms with van der Waals surface area (Å²) in [5.74, 6) is 0. The fraction of sp³-hybridized carbons (Fsp3) is 0.385. The zero-order valence-corrected chi connectivity index (χ0v) is 37.9. The van der Waals surface area contributed by atoms with Gasteiger partial charge in [-0.05, 0) is 70.8 Å². The van der Waals surface area contributed by atoms with E-state index >= 15 is 0 Å². The number of anilines is 4. The van der Waals surface area contributed by atoms with E-state index in [1.165, 1.54) is 45.0 Å². The average molecular weight is 809 g/mol. The van der Waals surface area contributed by atoms with Crippen LogP contribution < -0.4 is 19.6 Å². The van der Waals surface area contributed by atoms with Gasteiger partial charge in [-0.25, -0.2) is 0 Å². The molecular formula is C52H72N8. The lowest BCUT2D eigenvalue weighted by atomic mass is 10.2. The molecule has 1 heterocycles. The largest absolute Gasteiger partial charge is 0.378 e. The van der Waals surface area contributed by atoms with E-state index in [-0.39, 0.29) is 0 Å². The van der Waals surface area contributed by atoms with Crippen molar-refractivity contribution in [2.24, 2.45) is 0 Å². The third-order valence-electron chi connectivity index (χ3n) is 11.3. The second-order valence-electron chi connectivity index (χ2n) is 16.8. The van der Waals surface area contributed by atoms with Crippen LogP contribution in [0.4, 0.5) is 22.7 Å². The van der Waals surface area contributed by atoms with Gasteiger partial charge in [0.2, 0.25) is 0 Å². The molecule has 5 rings (SSSR count). The zero-order chi connectivity index (χ0) is 42.7. The van der Waals surface area contributed by atoms with Crippen LogP contribution in [0.25, 0.3) is 24.3 Å². The summed E-state index contributed by atoms with van der Waals surface area (Å²) in [7, 11) is 16.7. The van der Waals surface area contributed by atoms with Crippen molar-refractivity contribution < 1.29 is 0 Å². The van der Waals surface area contributed by atoms with Crippen LogP contribution in [0, 0.1) is 0 Å². The molecule has 0 saturated carbocycles. The Bertz CT molecular complexity index is 1620. The summed E-state index contributed by atoms with van der Waals surface area (Å²) in [5, 5.41) is 0. The summed E-state index contributed by atoms with van der Waals surface area (Å²) in [6.45, 7) is 11.8. The number of benzene rings is 4. The first-order chi connectivity index (χ1) is 29.0. The molecule has 1 fully saturated rings. The van der Waals surface area contributed by atoms with E-state index in [9.17, 15) is 0 Å². The lowest BCUT2D eigenvalue weighted by Crippen LogP contribution is -2.46. The van der Waals surface area contributed by atoms with Gasteiger partial charge in [-0.15, -0.1) is 0 Å². The Kier molecular flexibility index (Phi) is 18.5. The molecule has 0 aromatic heterocycles. The molecule has 4 aromatic rings. The second-order valence-corrected chi connectivity index (χ2v) is 16.8. The highest BCUT2D eigenvalue weighted by Gasteiger charge is 2.15. The maximum Gasteiger partial charge on any atom is 0.0361 e. The van der Waals surface area contributed by atoms with Gasteiger partial charge >= 0.3 is 0 Å². The predicted molar refractivity (Wildman–Crippen MR) is 265 cm³/mol. The first-order valence-corrected chi connectivity index (χ1v) is 21.7. The fourth-order valence-electron chi connectivity index (χ4n) is 7.19. The Morgan fingerprint density at radius 3 is 0.617 bits per heavy atom. The van der Waals surface area contributed by atoms with Gasteiger partial charge in [-0.3, -0.25) is 19.6 Å². The van der Waals surface area contributed by atoms with Crippen molar-refractivity contribution >= 4 is 47.1 Å². The lowest BCUT2D eigenvalue weighted by Gasteiger charge is -2.33. The van der Waals surface area contributed by atoms with Crippen LogP contribution in [-0.2, 0) is 0 Å². The first kappa shape index (κ1) is 46.0. The fourth-order valence-corrected chi connectivity index (χ4v) is 7.19. The van der Waals surface area contributed by atoms with Crippen LogP contribution >= 0.6 is 0 Å². The van der Waals surface area contributed by atoms with E-state index < -0.39 is 0 Å². The summed E-state index contributed by atoms with van der Waals surface area (Å²) < 4.78 is 0. The smallest absolute Gasteiger partial charge is 0.0361 e. The van der Waals surface area contributed by atoms with Crippen LogP contribution in [0.15, 0.2) is 121 Å². The minimum Gasteiger partial charge on any atom is -0.378 e. The second kappa shape index (κ2) is 24.2. The number of rotatable bonds is 16. The van der Waals surface area contributed by atoms with Crippen LogP contribution in [0.3, 0.4) is 0 Å². The Hall–Kier alpha value is -5.12. The minimum atomic E-state index is 0.922. The Morgan fingerprint density at radius 2 is 0.467 bits per heavy atom. The molecule has 0 spiro atoms. The van der Waals surface area contributed by atoms with Crippen molar-refractivity contribution in [2.75, 3.05) is 155 Å². The number of nitrogens with zero attached hydrogens (tertiary/aromatic N) is 8. The van der Waals surface area contributed by atoms with Crippen molar-refractivity contribution in [3.63, 3.8) is 0 Å². The van der Waals surface area contributed by atoms with Crippen LogP contribution in [0.2, 0.25) is 0 Å². The van der Waals surface area contributed by atoms with Gasteiger partial charge < -0.3 is 19.6 Å². The van der Waals surface area contributed by atoms with Gasteiger partial charge in [-0.1, -0.05) is 97.1 Å². The summed E-state index contributed by atoms with van der Waals surface area (Å²) in [5.41, 5.74) is 9.85. The topological polar surface area (TPSA) is 25.9 Å². The highest BCUT2D eigenvalue weighted by Crippen LogP contribution is 2.17. The maximum atomic E-state index is 2.64. The van der Waals surface area contributed by atoms with Gasteiger partial charge in [0.15, 0.2) is 0 Å². The molecule has 320 valence electrons. The number of hydrogen-bond acceptors (Lipinski definition) is 8. The van der Waals surface area contributed by atoms with E-state index in [1.54, 1.807) is 0 Å². The quantitative estimate of drug-likeness (QED) is 0.112. The van der Waals surface area contributed by atoms with Gasteiger partial charge in [0.25, 0.3) is 0 Å². The molecule has 1 saturated heterocycles. The van der Waals surface area contributed by atoms with E-state index in [0.717, 1.165) is 78.5 Å². The zero-order valence-electron chi connectivity index (χ0n) is 37.9. The van der Waals surface area contributed by atoms with Gasteiger partial charge in [0.1, 0.15) is 0 Å². The van der Waals surface area contributed by atoms with E-state index in [4.69, 9.17) is 0 Å². The molecule has 8 nitrogen and oxygen atoms in total. The van der Waals surface area contributed by atoms with Crippen LogP contribution in [0.5, 0.6) is 0 Å². The average Bonchev–Trinajstić information content (AvgIpc) is 3.24. The Balaban J connectivity index is 1.32. The Labute approximate surface area is 363 Å². The van der Waals surface area contributed by atoms with Gasteiger partial charge in [-0.2, -0.15) is 0 Å². The molecule has 0 N–H and O–H groups in total.